The lowest BCUT2D eigenvalue weighted by atomic mass is 10.1. The van der Waals surface area contributed by atoms with Gasteiger partial charge in [-0.3, -0.25) is 9.48 Å². The van der Waals surface area contributed by atoms with Crippen molar-refractivity contribution < 1.29 is 4.79 Å². The monoisotopic (exact) mass is 371 g/mol. The maximum Gasteiger partial charge on any atom is 0.242 e. The lowest BCUT2D eigenvalue weighted by Gasteiger charge is -2.34. The largest absolute Gasteiger partial charge is 0.354 e. The Morgan fingerprint density at radius 3 is 2.56 bits per heavy atom. The van der Waals surface area contributed by atoms with Crippen molar-refractivity contribution >= 4 is 11.7 Å². The zero-order valence-electron chi connectivity index (χ0n) is 16.4. The molecular formula is C19H29N7O. The predicted octanol–water partition coefficient (Wildman–Crippen LogP) is 0.534. The van der Waals surface area contributed by atoms with Crippen LogP contribution in [-0.4, -0.2) is 65.3 Å². The van der Waals surface area contributed by atoms with Crippen LogP contribution in [0.3, 0.4) is 0 Å². The molecule has 146 valence electrons. The van der Waals surface area contributed by atoms with E-state index in [1.165, 1.54) is 0 Å². The number of aromatic nitrogens is 3. The maximum absolute atomic E-state index is 12.5. The topological polar surface area (TPSA) is 78.3 Å². The fourth-order valence-corrected chi connectivity index (χ4v) is 3.33. The molecule has 1 unspecified atom stereocenters. The van der Waals surface area contributed by atoms with Gasteiger partial charge in [0.15, 0.2) is 0 Å². The second-order valence-corrected chi connectivity index (χ2v) is 6.83. The van der Waals surface area contributed by atoms with E-state index < -0.39 is 6.04 Å². The molecular weight excluding hydrogens is 342 g/mol. The van der Waals surface area contributed by atoms with Crippen LogP contribution in [0, 0.1) is 0 Å². The van der Waals surface area contributed by atoms with Crippen LogP contribution in [0.25, 0.3) is 0 Å². The number of carbonyl (C=O) groups is 1. The Hall–Kier alpha value is -2.45. The maximum atomic E-state index is 12.5. The number of hydrogen-bond donors (Lipinski definition) is 2. The Labute approximate surface area is 160 Å². The van der Waals surface area contributed by atoms with Crippen LogP contribution in [0.4, 0.5) is 5.82 Å². The number of pyridine rings is 1. The third kappa shape index (κ3) is 4.84. The minimum Gasteiger partial charge on any atom is -0.354 e. The third-order valence-corrected chi connectivity index (χ3v) is 5.03. The van der Waals surface area contributed by atoms with E-state index in [9.17, 15) is 4.79 Å². The van der Waals surface area contributed by atoms with E-state index >= 15 is 0 Å². The molecule has 3 heterocycles. The zero-order chi connectivity index (χ0) is 19.2. The molecule has 1 aliphatic heterocycles. The van der Waals surface area contributed by atoms with Gasteiger partial charge in [0.05, 0.1) is 6.20 Å². The summed E-state index contributed by atoms with van der Waals surface area (Å²) >= 11 is 0. The summed E-state index contributed by atoms with van der Waals surface area (Å²) < 4.78 is 1.69. The van der Waals surface area contributed by atoms with Gasteiger partial charge in [0.1, 0.15) is 11.9 Å². The molecule has 0 saturated carbocycles. The molecule has 3 rings (SSSR count). The Balaban J connectivity index is 1.53. The smallest absolute Gasteiger partial charge is 0.242 e. The van der Waals surface area contributed by atoms with Gasteiger partial charge in [0.25, 0.3) is 0 Å². The van der Waals surface area contributed by atoms with Crippen LogP contribution in [0.15, 0.2) is 30.7 Å². The van der Waals surface area contributed by atoms with Crippen molar-refractivity contribution in [1.29, 1.82) is 0 Å². The van der Waals surface area contributed by atoms with Gasteiger partial charge in [0, 0.05) is 57.7 Å². The van der Waals surface area contributed by atoms with E-state index in [0.29, 0.717) is 6.54 Å². The van der Waals surface area contributed by atoms with Crippen molar-refractivity contribution in [3.05, 3.63) is 41.9 Å². The Bertz CT molecular complexity index is 735. The van der Waals surface area contributed by atoms with Crippen LogP contribution in [0.2, 0.25) is 0 Å². The van der Waals surface area contributed by atoms with Crippen molar-refractivity contribution in [3.63, 3.8) is 0 Å². The highest BCUT2D eigenvalue weighted by Crippen LogP contribution is 2.15. The van der Waals surface area contributed by atoms with Crippen LogP contribution in [0.5, 0.6) is 0 Å². The molecule has 0 bridgehead atoms. The number of piperazine rings is 1. The molecule has 27 heavy (non-hydrogen) atoms. The minimum atomic E-state index is -0.416. The Morgan fingerprint density at radius 1 is 1.22 bits per heavy atom. The molecule has 0 radical (unpaired) electrons. The highest BCUT2D eigenvalue weighted by atomic mass is 16.2. The number of rotatable bonds is 7. The van der Waals surface area contributed by atoms with E-state index in [-0.39, 0.29) is 5.91 Å². The molecule has 0 aliphatic carbocycles. The van der Waals surface area contributed by atoms with Crippen LogP contribution in [-0.2, 0) is 18.4 Å². The number of aryl methyl sites for hydroxylation is 1. The number of likely N-dealkylation sites (N-methyl/N-ethyl adjacent to an activating group) is 2. The summed E-state index contributed by atoms with van der Waals surface area (Å²) in [6.45, 7) is 7.92. The van der Waals surface area contributed by atoms with Gasteiger partial charge in [-0.05, 0) is 25.2 Å². The quantitative estimate of drug-likeness (QED) is 0.739. The fraction of sp³-hybridized carbons (Fsp3) is 0.526. The first kappa shape index (κ1) is 19.3. The second-order valence-electron chi connectivity index (χ2n) is 6.83. The van der Waals surface area contributed by atoms with E-state index in [2.05, 4.69) is 37.4 Å². The van der Waals surface area contributed by atoms with Crippen molar-refractivity contribution in [2.75, 3.05) is 44.7 Å². The number of hydrogen-bond acceptors (Lipinski definition) is 6. The molecule has 8 heteroatoms. The standard InChI is InChI=1S/C19H29N7O/c1-4-25-7-9-26(10-8-25)17-6-5-15(11-21-17)12-22-19(27)18(20-2)16-13-23-24(3)14-16/h5-6,11,13-14,18,20H,4,7-10,12H2,1-3H3,(H,22,27). The second kappa shape index (κ2) is 8.96. The van der Waals surface area contributed by atoms with Gasteiger partial charge in [-0.25, -0.2) is 4.98 Å². The third-order valence-electron chi connectivity index (χ3n) is 5.03. The highest BCUT2D eigenvalue weighted by Gasteiger charge is 2.20. The molecule has 2 aromatic rings. The number of nitrogens with zero attached hydrogens (tertiary/aromatic N) is 5. The SMILES string of the molecule is CCN1CCN(c2ccc(CNC(=O)C(NC)c3cnn(C)c3)cn2)CC1. The first-order chi connectivity index (χ1) is 13.1. The van der Waals surface area contributed by atoms with Crippen LogP contribution >= 0.6 is 0 Å². The van der Waals surface area contributed by atoms with Crippen molar-refractivity contribution in [2.24, 2.45) is 7.05 Å². The van der Waals surface area contributed by atoms with Crippen LogP contribution in [0.1, 0.15) is 24.1 Å². The molecule has 1 amide bonds. The van der Waals surface area contributed by atoms with Gasteiger partial charge in [-0.15, -0.1) is 0 Å². The first-order valence-electron chi connectivity index (χ1n) is 9.46. The zero-order valence-corrected chi connectivity index (χ0v) is 16.4. The van der Waals surface area contributed by atoms with Crippen molar-refractivity contribution in [3.8, 4) is 0 Å². The number of anilines is 1. The molecule has 1 saturated heterocycles. The summed E-state index contributed by atoms with van der Waals surface area (Å²) in [5.74, 6) is 0.926. The minimum absolute atomic E-state index is 0.0785. The van der Waals surface area contributed by atoms with Gasteiger partial charge in [0.2, 0.25) is 5.91 Å². The van der Waals surface area contributed by atoms with Gasteiger partial charge in [-0.1, -0.05) is 13.0 Å². The summed E-state index contributed by atoms with van der Waals surface area (Å²) in [5, 5.41) is 10.1. The van der Waals surface area contributed by atoms with E-state index in [4.69, 9.17) is 0 Å². The van der Waals surface area contributed by atoms with E-state index in [1.54, 1.807) is 17.9 Å². The van der Waals surface area contributed by atoms with E-state index in [0.717, 1.165) is 49.7 Å². The average molecular weight is 371 g/mol. The van der Waals surface area contributed by atoms with E-state index in [1.807, 2.05) is 31.6 Å². The Kier molecular flexibility index (Phi) is 6.41. The summed E-state index contributed by atoms with van der Waals surface area (Å²) in [6, 6.07) is 3.66. The molecule has 1 aliphatic rings. The summed E-state index contributed by atoms with van der Waals surface area (Å²) in [5.41, 5.74) is 1.83. The van der Waals surface area contributed by atoms with Crippen molar-refractivity contribution in [2.45, 2.75) is 19.5 Å². The lowest BCUT2D eigenvalue weighted by Crippen LogP contribution is -2.46. The lowest BCUT2D eigenvalue weighted by molar-refractivity contribution is -0.123. The normalized spacial score (nSPS) is 16.3. The number of carbonyl (C=O) groups excluding carboxylic acids is 1. The molecule has 0 spiro atoms. The fourth-order valence-electron chi connectivity index (χ4n) is 3.33. The van der Waals surface area contributed by atoms with Crippen molar-refractivity contribution in [1.82, 2.24) is 30.3 Å². The first-order valence-corrected chi connectivity index (χ1v) is 9.46. The number of nitrogens with one attached hydrogen (secondary N) is 2. The van der Waals surface area contributed by atoms with Gasteiger partial charge < -0.3 is 20.4 Å². The average Bonchev–Trinajstić information content (AvgIpc) is 3.13. The molecule has 2 N–H and O–H groups in total. The molecule has 1 fully saturated rings. The Morgan fingerprint density at radius 2 is 2.00 bits per heavy atom. The molecule has 0 aromatic carbocycles. The molecule has 2 aromatic heterocycles. The number of amides is 1. The van der Waals surface area contributed by atoms with Crippen LogP contribution < -0.4 is 15.5 Å². The summed E-state index contributed by atoms with van der Waals surface area (Å²) in [7, 11) is 3.61. The summed E-state index contributed by atoms with van der Waals surface area (Å²) in [6.07, 6.45) is 5.39. The molecule has 8 nitrogen and oxygen atoms in total. The molecule has 1 atom stereocenters. The van der Waals surface area contributed by atoms with Gasteiger partial charge in [-0.2, -0.15) is 5.10 Å². The summed E-state index contributed by atoms with van der Waals surface area (Å²) in [4.78, 5) is 21.8. The highest BCUT2D eigenvalue weighted by molar-refractivity contribution is 5.83. The predicted molar refractivity (Wildman–Crippen MR) is 105 cm³/mol. The van der Waals surface area contributed by atoms with Gasteiger partial charge >= 0.3 is 0 Å².